The Morgan fingerprint density at radius 1 is 0.773 bits per heavy atom. The number of nitrogens with zero attached hydrogens (tertiary/aromatic N) is 1. The van der Waals surface area contributed by atoms with Gasteiger partial charge >= 0.3 is 8.80 Å². The van der Waals surface area contributed by atoms with Crippen LogP contribution in [0, 0.1) is 10.7 Å². The predicted octanol–water partition coefficient (Wildman–Crippen LogP) is 5.08. The Kier molecular flexibility index (Phi) is 8.85. The molecular formula is C13H33NO3SSi4. The first-order chi connectivity index (χ1) is 9.68. The highest BCUT2D eigenvalue weighted by Gasteiger charge is 2.49. The molecule has 0 saturated carbocycles. The van der Waals surface area contributed by atoms with Crippen molar-refractivity contribution in [3.63, 3.8) is 0 Å². The number of hydrogen-bond donors (Lipinski definition) is 0. The van der Waals surface area contributed by atoms with Crippen LogP contribution in [-0.2, 0) is 12.3 Å². The van der Waals surface area contributed by atoms with Gasteiger partial charge in [-0.05, 0) is 77.1 Å². The molecule has 0 N–H and O–H groups in total. The molecule has 4 nitrogen and oxygen atoms in total. The Bertz CT molecular complexity index is 342. The molecule has 0 unspecified atom stereocenters. The van der Waals surface area contributed by atoms with E-state index in [1.165, 1.54) is 11.8 Å². The monoisotopic (exact) mass is 395 g/mol. The van der Waals surface area contributed by atoms with Gasteiger partial charge in [0.15, 0.2) is 25.0 Å². The Balaban J connectivity index is 5.35. The van der Waals surface area contributed by atoms with Gasteiger partial charge in [0.1, 0.15) is 5.40 Å². The molecule has 0 aliphatic heterocycles. The first-order valence-electron chi connectivity index (χ1n) is 7.79. The summed E-state index contributed by atoms with van der Waals surface area (Å²) < 4.78 is 19.7. The molecule has 0 saturated heterocycles. The summed E-state index contributed by atoms with van der Waals surface area (Å²) in [6, 6.07) is 0.820. The second-order valence-corrected chi connectivity index (χ2v) is 26.2. The lowest BCUT2D eigenvalue weighted by atomic mass is 10.6. The maximum atomic E-state index is 8.71. The lowest BCUT2D eigenvalue weighted by molar-refractivity contribution is 0.251. The fraction of sp³-hybridized carbons (Fsp3) is 0.923. The smallest absolute Gasteiger partial charge is 0.417 e. The van der Waals surface area contributed by atoms with Gasteiger partial charge in [-0.2, -0.15) is 5.26 Å². The molecule has 130 valence electrons. The van der Waals surface area contributed by atoms with E-state index in [0.717, 1.165) is 18.2 Å². The van der Waals surface area contributed by atoms with Gasteiger partial charge in [0.2, 0.25) is 0 Å². The van der Waals surface area contributed by atoms with E-state index in [-0.39, 0.29) is 0 Å². The third-order valence-corrected chi connectivity index (χ3v) is 14.8. The Morgan fingerprint density at radius 2 is 1.14 bits per heavy atom. The molecule has 0 rings (SSSR count). The van der Waals surface area contributed by atoms with Crippen LogP contribution in [0.1, 0.15) is 6.42 Å². The Hall–Kier alpha value is 0.588. The zero-order valence-electron chi connectivity index (χ0n) is 15.7. The van der Waals surface area contributed by atoms with Gasteiger partial charge in [-0.25, -0.2) is 0 Å². The van der Waals surface area contributed by atoms with Crippen LogP contribution < -0.4 is 0 Å². The lowest BCUT2D eigenvalue weighted by Crippen LogP contribution is -2.60. The van der Waals surface area contributed by atoms with Crippen LogP contribution in [0.4, 0.5) is 0 Å². The number of thioether (sulfide) groups is 1. The predicted molar refractivity (Wildman–Crippen MR) is 107 cm³/mol. The molecule has 0 fully saturated rings. The van der Waals surface area contributed by atoms with Crippen molar-refractivity contribution in [1.29, 1.82) is 5.26 Å². The number of nitriles is 1. The van der Waals surface area contributed by atoms with Crippen LogP contribution in [0.25, 0.3) is 0 Å². The molecule has 0 heterocycles. The summed E-state index contributed by atoms with van der Waals surface area (Å²) in [6.07, 6.45) is 0.907. The molecular weight excluding hydrogens is 363 g/mol. The van der Waals surface area contributed by atoms with E-state index in [1.54, 1.807) is 0 Å². The van der Waals surface area contributed by atoms with Gasteiger partial charge in [-0.3, -0.25) is 0 Å². The minimum absolute atomic E-state index is 0.810. The molecule has 0 atom stereocenters. The molecule has 9 heteroatoms. The fourth-order valence-corrected chi connectivity index (χ4v) is 17.3. The van der Waals surface area contributed by atoms with Crippen LogP contribution >= 0.6 is 11.8 Å². The minimum Gasteiger partial charge on any atom is -0.417 e. The molecule has 0 aromatic rings. The van der Waals surface area contributed by atoms with Crippen molar-refractivity contribution < 1.29 is 12.3 Å². The van der Waals surface area contributed by atoms with E-state index in [0.29, 0.717) is 0 Å². The quantitative estimate of drug-likeness (QED) is 0.293. The lowest BCUT2D eigenvalue weighted by Gasteiger charge is -2.42. The first kappa shape index (κ1) is 22.6. The largest absolute Gasteiger partial charge is 0.469 e. The van der Waals surface area contributed by atoms with E-state index in [9.17, 15) is 0 Å². The molecule has 0 radical (unpaired) electrons. The van der Waals surface area contributed by atoms with Crippen molar-refractivity contribution in [3.8, 4) is 5.40 Å². The second-order valence-electron chi connectivity index (χ2n) is 8.37. The van der Waals surface area contributed by atoms with Gasteiger partial charge in [-0.15, -0.1) is 0 Å². The van der Waals surface area contributed by atoms with Gasteiger partial charge in [0.05, 0.1) is 0 Å². The normalized spacial score (nSPS) is 14.0. The fourth-order valence-electron chi connectivity index (χ4n) is 2.02. The van der Waals surface area contributed by atoms with Crippen molar-refractivity contribution in [1.82, 2.24) is 0 Å². The van der Waals surface area contributed by atoms with Gasteiger partial charge in [-0.1, -0.05) is 0 Å². The highest BCUT2D eigenvalue weighted by molar-refractivity contribution is 8.03. The van der Waals surface area contributed by atoms with Gasteiger partial charge in [0.25, 0.3) is 0 Å². The van der Waals surface area contributed by atoms with Gasteiger partial charge in [0, 0.05) is 11.8 Å². The number of hydrogen-bond acceptors (Lipinski definition) is 5. The third-order valence-electron chi connectivity index (χ3n) is 2.18. The second kappa shape index (κ2) is 8.62. The van der Waals surface area contributed by atoms with Crippen LogP contribution in [0.2, 0.25) is 65.0 Å². The molecule has 0 amide bonds. The minimum atomic E-state index is -2.69. The molecule has 0 aromatic heterocycles. The van der Waals surface area contributed by atoms with Gasteiger partial charge < -0.3 is 12.3 Å². The topological polar surface area (TPSA) is 51.5 Å². The number of thiocyanates is 1. The molecule has 0 aromatic carbocycles. The average Bonchev–Trinajstić information content (AvgIpc) is 2.16. The molecule has 0 aliphatic rings. The molecule has 22 heavy (non-hydrogen) atoms. The third kappa shape index (κ3) is 12.1. The maximum Gasteiger partial charge on any atom is 0.469 e. The van der Waals surface area contributed by atoms with Crippen molar-refractivity contribution in [2.45, 2.75) is 71.4 Å². The molecule has 0 bridgehead atoms. The van der Waals surface area contributed by atoms with E-state index in [2.05, 4.69) is 64.3 Å². The Morgan fingerprint density at radius 3 is 1.41 bits per heavy atom. The van der Waals surface area contributed by atoms with Crippen molar-refractivity contribution in [2.75, 3.05) is 5.75 Å². The van der Waals surface area contributed by atoms with E-state index >= 15 is 0 Å². The van der Waals surface area contributed by atoms with Crippen LogP contribution in [0.5, 0.6) is 0 Å². The zero-order valence-corrected chi connectivity index (χ0v) is 20.5. The standard InChI is InChI=1S/C13H33NO3SSi4/c1-19(2,3)15-22(16-20(4,5)6,17-21(7,8)9)12-10-11-18-13-14/h10-12H2,1-9H3. The summed E-state index contributed by atoms with van der Waals surface area (Å²) >= 11 is 1.30. The molecule has 0 aliphatic carbocycles. The summed E-state index contributed by atoms with van der Waals surface area (Å²) in [5, 5.41) is 10.8. The van der Waals surface area contributed by atoms with Crippen molar-refractivity contribution in [2.24, 2.45) is 0 Å². The average molecular weight is 396 g/mol. The van der Waals surface area contributed by atoms with Crippen LogP contribution in [0.15, 0.2) is 0 Å². The summed E-state index contributed by atoms with van der Waals surface area (Å²) in [5.41, 5.74) is 0. The Labute approximate surface area is 145 Å². The van der Waals surface area contributed by atoms with E-state index < -0.39 is 33.8 Å². The van der Waals surface area contributed by atoms with Crippen molar-refractivity contribution >= 4 is 45.5 Å². The summed E-state index contributed by atoms with van der Waals surface area (Å²) in [4.78, 5) is 0. The summed E-state index contributed by atoms with van der Waals surface area (Å²) in [5.74, 6) is 0.810. The SMILES string of the molecule is C[Si](C)(C)O[Si](CCCSC#N)(O[Si](C)(C)C)O[Si](C)(C)C. The van der Waals surface area contributed by atoms with Crippen LogP contribution in [-0.4, -0.2) is 39.5 Å². The maximum absolute atomic E-state index is 8.71. The molecule has 0 spiro atoms. The van der Waals surface area contributed by atoms with E-state index in [1.807, 2.05) is 0 Å². The zero-order chi connectivity index (χ0) is 17.7. The summed E-state index contributed by atoms with van der Waals surface area (Å²) in [6.45, 7) is 19.7. The van der Waals surface area contributed by atoms with E-state index in [4.69, 9.17) is 17.6 Å². The first-order valence-corrected chi connectivity index (χ1v) is 20.9. The highest BCUT2D eigenvalue weighted by atomic mass is 32.2. The highest BCUT2D eigenvalue weighted by Crippen LogP contribution is 2.30. The number of rotatable bonds is 10. The summed E-state index contributed by atoms with van der Waals surface area (Å²) in [7, 11) is -8.02. The van der Waals surface area contributed by atoms with Crippen LogP contribution in [0.3, 0.4) is 0 Å². The van der Waals surface area contributed by atoms with Crippen molar-refractivity contribution in [3.05, 3.63) is 0 Å².